The summed E-state index contributed by atoms with van der Waals surface area (Å²) in [4.78, 5) is 4.90. The number of fused-ring (bicyclic) bond motifs is 13. The number of anilines is 6. The Bertz CT molecular complexity index is 6450. The van der Waals surface area contributed by atoms with E-state index in [0.29, 0.717) is 0 Å². The van der Waals surface area contributed by atoms with E-state index in [9.17, 15) is 0 Å². The second kappa shape index (κ2) is 24.3. The highest BCUT2D eigenvalue weighted by Crippen LogP contribution is 2.55. The number of benzene rings is 16. The van der Waals surface area contributed by atoms with Gasteiger partial charge in [-0.15, -0.1) is 22.7 Å². The summed E-state index contributed by atoms with van der Waals surface area (Å²) in [5.74, 6) is 0. The highest BCUT2D eigenvalue weighted by molar-refractivity contribution is 7.26. The number of hydrogen-bond acceptors (Lipinski definition) is 4. The summed E-state index contributed by atoms with van der Waals surface area (Å²) in [6.07, 6.45) is 0. The summed E-state index contributed by atoms with van der Waals surface area (Å²) in [5, 5.41) is 7.69. The molecule has 0 atom stereocenters. The van der Waals surface area contributed by atoms with Crippen molar-refractivity contribution >= 4 is 108 Å². The zero-order chi connectivity index (χ0) is 69.4. The van der Waals surface area contributed by atoms with Gasteiger partial charge in [0, 0.05) is 85.0 Å². The molecule has 0 amide bonds. The van der Waals surface area contributed by atoms with Crippen molar-refractivity contribution in [1.29, 1.82) is 0 Å². The van der Waals surface area contributed by atoms with Gasteiger partial charge in [-0.3, -0.25) is 0 Å². The van der Waals surface area contributed by atoms with Crippen LogP contribution >= 0.6 is 22.7 Å². The molecule has 0 bridgehead atoms. The van der Waals surface area contributed by atoms with Gasteiger partial charge in [0.1, 0.15) is 0 Å². The molecular formula is C100H70N2S2. The molecule has 0 aliphatic heterocycles. The van der Waals surface area contributed by atoms with Crippen LogP contribution in [0.4, 0.5) is 34.1 Å². The molecule has 20 rings (SSSR count). The zero-order valence-corrected chi connectivity index (χ0v) is 59.8. The molecule has 2 aromatic heterocycles. The lowest BCUT2D eigenvalue weighted by Gasteiger charge is -2.29. The van der Waals surface area contributed by atoms with Crippen molar-refractivity contribution in [2.75, 3.05) is 9.80 Å². The predicted octanol–water partition coefficient (Wildman–Crippen LogP) is 29.1. The maximum Gasteiger partial charge on any atom is 0.0540 e. The number of thiophene rings is 2. The second-order valence-corrected chi connectivity index (χ2v) is 31.2. The average molecular weight is 1360 g/mol. The van der Waals surface area contributed by atoms with Crippen LogP contribution in [0, 0.1) is 0 Å². The van der Waals surface area contributed by atoms with Gasteiger partial charge in [0.2, 0.25) is 0 Å². The Balaban J connectivity index is 0.590. The minimum absolute atomic E-state index is 0.210. The lowest BCUT2D eigenvalue weighted by Crippen LogP contribution is -2.16. The van der Waals surface area contributed by atoms with Crippen LogP contribution in [0.3, 0.4) is 0 Å². The quantitative estimate of drug-likeness (QED) is 0.120. The largest absolute Gasteiger partial charge is 0.310 e. The van der Waals surface area contributed by atoms with Crippen LogP contribution in [0.1, 0.15) is 49.9 Å². The molecule has 492 valence electrons. The Morgan fingerprint density at radius 1 is 0.212 bits per heavy atom. The van der Waals surface area contributed by atoms with Gasteiger partial charge in [0.15, 0.2) is 0 Å². The lowest BCUT2D eigenvalue weighted by molar-refractivity contribution is 0.660. The molecule has 2 aliphatic carbocycles. The maximum absolute atomic E-state index is 2.46. The van der Waals surface area contributed by atoms with Crippen LogP contribution in [-0.4, -0.2) is 0 Å². The van der Waals surface area contributed by atoms with Crippen molar-refractivity contribution in [2.45, 2.75) is 38.5 Å². The first kappa shape index (κ1) is 61.7. The first-order chi connectivity index (χ1) is 51.0. The fraction of sp³-hybridized carbons (Fsp3) is 0.0600. The van der Waals surface area contributed by atoms with E-state index in [0.717, 1.165) is 34.1 Å². The van der Waals surface area contributed by atoms with Crippen LogP contribution in [0.2, 0.25) is 0 Å². The Morgan fingerprint density at radius 3 is 1.08 bits per heavy atom. The zero-order valence-electron chi connectivity index (χ0n) is 58.2. The van der Waals surface area contributed by atoms with Gasteiger partial charge >= 0.3 is 0 Å². The van der Waals surface area contributed by atoms with E-state index in [1.807, 2.05) is 22.7 Å². The molecule has 2 aliphatic rings. The molecule has 4 heteroatoms. The van der Waals surface area contributed by atoms with Gasteiger partial charge in [-0.25, -0.2) is 0 Å². The molecule has 0 saturated carbocycles. The van der Waals surface area contributed by atoms with Crippen molar-refractivity contribution in [1.82, 2.24) is 0 Å². The highest BCUT2D eigenvalue weighted by Gasteiger charge is 2.38. The fourth-order valence-corrected chi connectivity index (χ4v) is 19.5. The van der Waals surface area contributed by atoms with Crippen molar-refractivity contribution in [3.63, 3.8) is 0 Å². The van der Waals surface area contributed by atoms with Crippen LogP contribution in [0.15, 0.2) is 352 Å². The Hall–Kier alpha value is -12.2. The summed E-state index contributed by atoms with van der Waals surface area (Å²) in [7, 11) is 0. The third-order valence-electron chi connectivity index (χ3n) is 22.5. The monoisotopic (exact) mass is 1360 g/mol. The molecule has 0 saturated heterocycles. The van der Waals surface area contributed by atoms with Crippen LogP contribution in [0.25, 0.3) is 140 Å². The minimum atomic E-state index is -0.264. The van der Waals surface area contributed by atoms with Crippen molar-refractivity contribution in [2.24, 2.45) is 0 Å². The lowest BCUT2D eigenvalue weighted by atomic mass is 9.81. The summed E-state index contributed by atoms with van der Waals surface area (Å²) >= 11 is 3.76. The first-order valence-electron chi connectivity index (χ1n) is 36.1. The molecule has 2 heterocycles. The molecular weight excluding hydrogens is 1290 g/mol. The highest BCUT2D eigenvalue weighted by atomic mass is 32.1. The first-order valence-corrected chi connectivity index (χ1v) is 37.7. The summed E-state index contributed by atoms with van der Waals surface area (Å²) in [5.41, 5.74) is 31.4. The molecule has 0 radical (unpaired) electrons. The van der Waals surface area contributed by atoms with E-state index in [1.54, 1.807) is 0 Å². The molecule has 0 N–H and O–H groups in total. The Morgan fingerprint density at radius 2 is 0.538 bits per heavy atom. The minimum Gasteiger partial charge on any atom is -0.310 e. The molecule has 16 aromatic carbocycles. The van der Waals surface area contributed by atoms with E-state index >= 15 is 0 Å². The van der Waals surface area contributed by atoms with Crippen LogP contribution in [0.5, 0.6) is 0 Å². The van der Waals surface area contributed by atoms with E-state index in [1.165, 1.54) is 162 Å². The Labute approximate surface area is 615 Å². The van der Waals surface area contributed by atoms with Gasteiger partial charge in [-0.2, -0.15) is 0 Å². The van der Waals surface area contributed by atoms with Crippen molar-refractivity contribution in [3.8, 4) is 89.0 Å². The fourth-order valence-electron chi connectivity index (χ4n) is 17.1. The smallest absolute Gasteiger partial charge is 0.0540 e. The van der Waals surface area contributed by atoms with E-state index < -0.39 is 0 Å². The molecule has 104 heavy (non-hydrogen) atoms. The number of rotatable bonds is 12. The maximum atomic E-state index is 2.46. The average Bonchev–Trinajstić information content (AvgIpc) is 1.56. The van der Waals surface area contributed by atoms with Crippen LogP contribution in [-0.2, 0) is 10.8 Å². The van der Waals surface area contributed by atoms with E-state index in [-0.39, 0.29) is 10.8 Å². The standard InChI is InChI=1S/C100H70N2S2/c1-99(2)90-59-72(63-18-6-5-7-19-63)44-54-82(90)84-56-52-77(61-92(84)99)101(75-48-40-68(41-49-75)80-27-16-29-88-86-25-10-12-32-95(86)103-97(80)88)74-46-38-65(39-47-74)64-34-36-66(37-35-64)70-22-14-23-71(58-70)73-45-55-83-85-57-53-78(62-93(85)100(3,4)91(83)60-73)102(94-31-15-21-67-20-8-9-24-79(67)94)76-50-42-69(43-51-76)81-28-17-30-89-87-26-11-13-33-96(87)104-98(81)89/h5-62H,1-4H3. The van der Waals surface area contributed by atoms with Gasteiger partial charge < -0.3 is 9.80 Å². The molecule has 18 aromatic rings. The van der Waals surface area contributed by atoms with E-state index in [2.05, 4.69) is 389 Å². The number of nitrogens with zero attached hydrogens (tertiary/aromatic N) is 2. The summed E-state index contributed by atoms with van der Waals surface area (Å²) in [6.45, 7) is 9.58. The molecule has 0 unspecified atom stereocenters. The summed E-state index contributed by atoms with van der Waals surface area (Å²) < 4.78 is 5.29. The third-order valence-corrected chi connectivity index (χ3v) is 24.9. The number of hydrogen-bond donors (Lipinski definition) is 0. The van der Waals surface area contributed by atoms with Gasteiger partial charge in [0.05, 0.1) is 5.69 Å². The SMILES string of the molecule is CC1(C)c2cc(-c3ccccc3)ccc2-c2ccc(N(c3ccc(-c4ccc(-c5cccc(-c6ccc7c(c6)C(C)(C)c6cc(N(c8ccc(-c9cccc%10c9sc9ccccc9%10)cc8)c8cccc9ccccc89)ccc6-7)c5)cc4)cc3)c3ccc(-c4cccc5c4sc4ccccc45)cc3)cc21. The van der Waals surface area contributed by atoms with Crippen molar-refractivity contribution in [3.05, 3.63) is 374 Å². The Kier molecular flexibility index (Phi) is 14.4. The van der Waals surface area contributed by atoms with Crippen molar-refractivity contribution < 1.29 is 0 Å². The molecule has 2 nitrogen and oxygen atoms in total. The topological polar surface area (TPSA) is 6.48 Å². The second-order valence-electron chi connectivity index (χ2n) is 29.1. The van der Waals surface area contributed by atoms with Gasteiger partial charge in [-0.1, -0.05) is 282 Å². The predicted molar refractivity (Wildman–Crippen MR) is 447 cm³/mol. The molecule has 0 spiro atoms. The van der Waals surface area contributed by atoms with Gasteiger partial charge in [0.25, 0.3) is 0 Å². The normalized spacial score (nSPS) is 13.2. The van der Waals surface area contributed by atoms with E-state index in [4.69, 9.17) is 0 Å². The summed E-state index contributed by atoms with van der Waals surface area (Å²) in [6, 6.07) is 132. The van der Waals surface area contributed by atoms with Gasteiger partial charge in [-0.05, 0) is 214 Å². The molecule has 0 fully saturated rings. The van der Waals surface area contributed by atoms with Crippen LogP contribution < -0.4 is 9.80 Å². The third kappa shape index (κ3) is 10.1.